The Labute approximate surface area is 166 Å². The molecule has 1 fully saturated rings. The minimum Gasteiger partial charge on any atom is -0.368 e. The standard InChI is InChI=1S/C22H31FN4O/c1-4-27-21(26-17-8-6-5-7-9-17)18(14(2)25-3)19(20(24)22(27)28)15-10-12-16(23)13-11-15/h10-13,17,19-20,26H,4-9,24H2,1-3H3/b25-14-/t19-,20-/m0/s1. The molecule has 1 aromatic carbocycles. The van der Waals surface area contributed by atoms with Crippen LogP contribution in [0.1, 0.15) is 57.4 Å². The maximum atomic E-state index is 13.5. The summed E-state index contributed by atoms with van der Waals surface area (Å²) in [5.41, 5.74) is 9.05. The zero-order valence-corrected chi connectivity index (χ0v) is 17.0. The van der Waals surface area contributed by atoms with Crippen molar-refractivity contribution in [1.29, 1.82) is 0 Å². The third-order valence-corrected chi connectivity index (χ3v) is 5.96. The minimum atomic E-state index is -0.728. The summed E-state index contributed by atoms with van der Waals surface area (Å²) in [4.78, 5) is 19.3. The molecule has 1 amide bonds. The fraction of sp³-hybridized carbons (Fsp3) is 0.545. The summed E-state index contributed by atoms with van der Waals surface area (Å²) in [6.45, 7) is 4.45. The Balaban J connectivity index is 2.13. The van der Waals surface area contributed by atoms with Gasteiger partial charge in [-0.25, -0.2) is 4.39 Å². The Morgan fingerprint density at radius 2 is 1.89 bits per heavy atom. The SMILES string of the molecule is CCN1C(=O)[C@@H](N)[C@@H](c2ccc(F)cc2)C(/C(C)=N\C)=C1NC1CCCCC1. The molecule has 1 heterocycles. The topological polar surface area (TPSA) is 70.7 Å². The molecule has 0 spiro atoms. The molecule has 1 aromatic rings. The van der Waals surface area contributed by atoms with Crippen LogP contribution < -0.4 is 11.1 Å². The predicted molar refractivity (Wildman–Crippen MR) is 111 cm³/mol. The van der Waals surface area contributed by atoms with Gasteiger partial charge in [0, 0.05) is 36.8 Å². The van der Waals surface area contributed by atoms with Crippen LogP contribution in [0.15, 0.2) is 40.7 Å². The Hall–Kier alpha value is -2.21. The number of rotatable bonds is 5. The van der Waals surface area contributed by atoms with Crippen LogP contribution in [0.25, 0.3) is 0 Å². The lowest BCUT2D eigenvalue weighted by Gasteiger charge is -2.41. The van der Waals surface area contributed by atoms with Crippen molar-refractivity contribution in [3.63, 3.8) is 0 Å². The lowest BCUT2D eigenvalue weighted by molar-refractivity contribution is -0.132. The summed E-state index contributed by atoms with van der Waals surface area (Å²) in [7, 11) is 1.75. The van der Waals surface area contributed by atoms with Crippen LogP contribution in [0.3, 0.4) is 0 Å². The van der Waals surface area contributed by atoms with Crippen molar-refractivity contribution in [2.45, 2.75) is 64.0 Å². The van der Waals surface area contributed by atoms with E-state index in [1.165, 1.54) is 31.4 Å². The number of carbonyl (C=O) groups excluding carboxylic acids is 1. The van der Waals surface area contributed by atoms with Gasteiger partial charge in [0.15, 0.2) is 0 Å². The minimum absolute atomic E-state index is 0.109. The third-order valence-electron chi connectivity index (χ3n) is 5.96. The zero-order chi connectivity index (χ0) is 20.3. The summed E-state index contributed by atoms with van der Waals surface area (Å²) < 4.78 is 13.5. The van der Waals surface area contributed by atoms with E-state index in [1.807, 2.05) is 13.8 Å². The molecule has 3 rings (SSSR count). The van der Waals surface area contributed by atoms with Gasteiger partial charge in [0.05, 0.1) is 6.04 Å². The van der Waals surface area contributed by atoms with E-state index in [1.54, 1.807) is 24.1 Å². The molecule has 0 radical (unpaired) electrons. The van der Waals surface area contributed by atoms with Gasteiger partial charge < -0.3 is 11.1 Å². The van der Waals surface area contributed by atoms with Crippen LogP contribution in [0, 0.1) is 5.82 Å². The highest BCUT2D eigenvalue weighted by atomic mass is 19.1. The van der Waals surface area contributed by atoms with E-state index in [0.717, 1.165) is 35.5 Å². The van der Waals surface area contributed by atoms with Gasteiger partial charge >= 0.3 is 0 Å². The number of amides is 1. The predicted octanol–water partition coefficient (Wildman–Crippen LogP) is 3.32. The maximum absolute atomic E-state index is 13.5. The molecule has 2 atom stereocenters. The smallest absolute Gasteiger partial charge is 0.245 e. The van der Waals surface area contributed by atoms with E-state index in [0.29, 0.717) is 12.6 Å². The number of benzene rings is 1. The number of hydrogen-bond donors (Lipinski definition) is 2. The number of halogens is 1. The van der Waals surface area contributed by atoms with Crippen LogP contribution in [0.5, 0.6) is 0 Å². The van der Waals surface area contributed by atoms with E-state index in [4.69, 9.17) is 5.73 Å². The lowest BCUT2D eigenvalue weighted by Crippen LogP contribution is -2.55. The highest BCUT2D eigenvalue weighted by Crippen LogP contribution is 2.36. The van der Waals surface area contributed by atoms with Gasteiger partial charge in [0.1, 0.15) is 11.6 Å². The van der Waals surface area contributed by atoms with Crippen molar-refractivity contribution in [2.24, 2.45) is 10.7 Å². The quantitative estimate of drug-likeness (QED) is 0.763. The Kier molecular flexibility index (Phi) is 6.50. The fourth-order valence-corrected chi connectivity index (χ4v) is 4.38. The molecule has 6 heteroatoms. The first-order valence-electron chi connectivity index (χ1n) is 10.2. The summed E-state index contributed by atoms with van der Waals surface area (Å²) in [5.74, 6) is 0.0496. The van der Waals surface area contributed by atoms with Gasteiger partial charge in [-0.3, -0.25) is 14.7 Å². The molecule has 28 heavy (non-hydrogen) atoms. The number of hydrogen-bond acceptors (Lipinski definition) is 4. The van der Waals surface area contributed by atoms with Crippen LogP contribution in [0.2, 0.25) is 0 Å². The molecule has 3 N–H and O–H groups in total. The van der Waals surface area contributed by atoms with Crippen LogP contribution in [-0.4, -0.2) is 42.2 Å². The van der Waals surface area contributed by atoms with Crippen molar-refractivity contribution < 1.29 is 9.18 Å². The fourth-order valence-electron chi connectivity index (χ4n) is 4.38. The highest BCUT2D eigenvalue weighted by Gasteiger charge is 2.42. The lowest BCUT2D eigenvalue weighted by atomic mass is 9.79. The van der Waals surface area contributed by atoms with Gasteiger partial charge in [-0.1, -0.05) is 31.4 Å². The normalized spacial score (nSPS) is 24.7. The Morgan fingerprint density at radius 1 is 1.25 bits per heavy atom. The molecular weight excluding hydrogens is 355 g/mol. The largest absolute Gasteiger partial charge is 0.368 e. The van der Waals surface area contributed by atoms with Crippen LogP contribution >= 0.6 is 0 Å². The molecular formula is C22H31FN4O. The number of nitrogens with two attached hydrogens (primary N) is 1. The van der Waals surface area contributed by atoms with E-state index >= 15 is 0 Å². The summed E-state index contributed by atoms with van der Waals surface area (Å²) in [6.07, 6.45) is 5.85. The molecule has 0 bridgehead atoms. The van der Waals surface area contributed by atoms with Gasteiger partial charge in [-0.15, -0.1) is 0 Å². The molecule has 1 aliphatic carbocycles. The first-order chi connectivity index (χ1) is 13.5. The second-order valence-electron chi connectivity index (χ2n) is 7.69. The molecule has 0 aromatic heterocycles. The molecule has 0 unspecified atom stereocenters. The monoisotopic (exact) mass is 386 g/mol. The summed E-state index contributed by atoms with van der Waals surface area (Å²) in [6, 6.07) is 5.89. The van der Waals surface area contributed by atoms with Crippen LogP contribution in [0.4, 0.5) is 4.39 Å². The van der Waals surface area contributed by atoms with Crippen molar-refractivity contribution in [1.82, 2.24) is 10.2 Å². The average Bonchev–Trinajstić information content (AvgIpc) is 2.71. The first kappa shape index (κ1) is 20.5. The number of nitrogens with one attached hydrogen (secondary N) is 1. The highest BCUT2D eigenvalue weighted by molar-refractivity contribution is 6.04. The van der Waals surface area contributed by atoms with E-state index < -0.39 is 6.04 Å². The Morgan fingerprint density at radius 3 is 2.46 bits per heavy atom. The number of carbonyl (C=O) groups is 1. The number of likely N-dealkylation sites (N-methyl/N-ethyl adjacent to an activating group) is 1. The van der Waals surface area contributed by atoms with Crippen molar-refractivity contribution >= 4 is 11.6 Å². The molecule has 5 nitrogen and oxygen atoms in total. The average molecular weight is 387 g/mol. The van der Waals surface area contributed by atoms with E-state index in [9.17, 15) is 9.18 Å². The molecule has 2 aliphatic rings. The maximum Gasteiger partial charge on any atom is 0.245 e. The van der Waals surface area contributed by atoms with Gasteiger partial charge in [0.25, 0.3) is 0 Å². The summed E-state index contributed by atoms with van der Waals surface area (Å²) in [5, 5.41) is 3.66. The summed E-state index contributed by atoms with van der Waals surface area (Å²) >= 11 is 0. The molecule has 1 aliphatic heterocycles. The van der Waals surface area contributed by atoms with E-state index in [-0.39, 0.29) is 17.6 Å². The second kappa shape index (κ2) is 8.86. The Bertz CT molecular complexity index is 765. The second-order valence-corrected chi connectivity index (χ2v) is 7.69. The number of nitrogens with zero attached hydrogens (tertiary/aromatic N) is 2. The third kappa shape index (κ3) is 3.97. The number of aliphatic imine (C=N–C) groups is 1. The zero-order valence-electron chi connectivity index (χ0n) is 17.0. The van der Waals surface area contributed by atoms with Gasteiger partial charge in [0.2, 0.25) is 5.91 Å². The van der Waals surface area contributed by atoms with Gasteiger partial charge in [-0.2, -0.15) is 0 Å². The van der Waals surface area contributed by atoms with Crippen LogP contribution in [-0.2, 0) is 4.79 Å². The van der Waals surface area contributed by atoms with Gasteiger partial charge in [-0.05, 0) is 44.4 Å². The first-order valence-corrected chi connectivity index (χ1v) is 10.2. The molecule has 152 valence electrons. The van der Waals surface area contributed by atoms with Crippen molar-refractivity contribution in [3.8, 4) is 0 Å². The van der Waals surface area contributed by atoms with E-state index in [2.05, 4.69) is 10.3 Å². The molecule has 0 saturated heterocycles. The van der Waals surface area contributed by atoms with Crippen molar-refractivity contribution in [3.05, 3.63) is 47.0 Å². The molecule has 1 saturated carbocycles. The van der Waals surface area contributed by atoms with Crippen molar-refractivity contribution in [2.75, 3.05) is 13.6 Å².